The lowest BCUT2D eigenvalue weighted by Crippen LogP contribution is -1.98. The van der Waals surface area contributed by atoms with Crippen molar-refractivity contribution in [3.05, 3.63) is 64.7 Å². The van der Waals surface area contributed by atoms with Crippen LogP contribution in [0.1, 0.15) is 6.92 Å². The van der Waals surface area contributed by atoms with Crippen molar-refractivity contribution in [1.29, 1.82) is 0 Å². The molecule has 1 atom stereocenters. The van der Waals surface area contributed by atoms with Gasteiger partial charge in [-0.1, -0.05) is 25.1 Å². The van der Waals surface area contributed by atoms with Crippen molar-refractivity contribution in [3.63, 3.8) is 0 Å². The Hall–Kier alpha value is -1.98. The summed E-state index contributed by atoms with van der Waals surface area (Å²) < 4.78 is 23.7. The molecule has 0 aromatic heterocycles. The highest BCUT2D eigenvalue weighted by Gasteiger charge is 2.28. The predicted octanol–water partition coefficient (Wildman–Crippen LogP) is 4.91. The Morgan fingerprint density at radius 1 is 1.05 bits per heavy atom. The van der Waals surface area contributed by atoms with Crippen molar-refractivity contribution in [1.82, 2.24) is 0 Å². The smallest absolute Gasteiger partial charge is 0.408 e. The zero-order valence-corrected chi connectivity index (χ0v) is 13.5. The van der Waals surface area contributed by atoms with Crippen LogP contribution in [0.3, 0.4) is 0 Å². The van der Waals surface area contributed by atoms with Crippen LogP contribution in [0.15, 0.2) is 54.6 Å². The summed E-state index contributed by atoms with van der Waals surface area (Å²) >= 11 is 1.06. The van der Waals surface area contributed by atoms with Gasteiger partial charge in [0.25, 0.3) is 5.69 Å². The molecule has 0 aliphatic heterocycles. The van der Waals surface area contributed by atoms with Crippen molar-refractivity contribution < 1.29 is 18.5 Å². The Morgan fingerprint density at radius 2 is 1.59 bits per heavy atom. The van der Waals surface area contributed by atoms with Gasteiger partial charge in [0.1, 0.15) is 11.5 Å². The van der Waals surface area contributed by atoms with Gasteiger partial charge in [-0.15, -0.1) is 0 Å². The van der Waals surface area contributed by atoms with Crippen molar-refractivity contribution >= 4 is 23.9 Å². The van der Waals surface area contributed by atoms with Gasteiger partial charge in [0, 0.05) is 17.9 Å². The van der Waals surface area contributed by atoms with Crippen LogP contribution in [-0.2, 0) is 4.57 Å². The Balaban J connectivity index is 2.17. The molecule has 116 valence electrons. The van der Waals surface area contributed by atoms with Gasteiger partial charge >= 0.3 is 6.80 Å². The summed E-state index contributed by atoms with van der Waals surface area (Å²) in [6.07, 6.45) is 0. The molecule has 0 radical (unpaired) electrons. The summed E-state index contributed by atoms with van der Waals surface area (Å²) in [5.41, 5.74) is -0.0608. The van der Waals surface area contributed by atoms with Crippen LogP contribution in [-0.4, -0.2) is 10.7 Å². The minimum atomic E-state index is -3.46. The Kier molecular flexibility index (Phi) is 5.46. The van der Waals surface area contributed by atoms with Gasteiger partial charge in [0.15, 0.2) is 0 Å². The molecule has 1 unspecified atom stereocenters. The van der Waals surface area contributed by atoms with Crippen LogP contribution >= 0.6 is 18.2 Å². The molecule has 0 amide bonds. The van der Waals surface area contributed by atoms with E-state index in [0.29, 0.717) is 11.5 Å². The molecule has 22 heavy (non-hydrogen) atoms. The topological polar surface area (TPSA) is 78.7 Å². The summed E-state index contributed by atoms with van der Waals surface area (Å²) in [5, 5.41) is 10.6. The van der Waals surface area contributed by atoms with E-state index in [1.165, 1.54) is 24.3 Å². The molecule has 0 saturated carbocycles. The van der Waals surface area contributed by atoms with Crippen LogP contribution in [0.5, 0.6) is 11.5 Å². The highest BCUT2D eigenvalue weighted by atomic mass is 32.7. The second kappa shape index (κ2) is 7.33. The van der Waals surface area contributed by atoms with Crippen LogP contribution in [0.25, 0.3) is 0 Å². The summed E-state index contributed by atoms with van der Waals surface area (Å²) in [6, 6.07) is 14.1. The predicted molar refractivity (Wildman–Crippen MR) is 86.5 cm³/mol. The second-order valence-electron chi connectivity index (χ2n) is 4.11. The normalized spacial score (nSPS) is 13.1. The fraction of sp³-hybridized carbons (Fsp3) is 0.143. The number of hydrogen-bond donors (Lipinski definition) is 0. The average Bonchev–Trinajstić information content (AvgIpc) is 2.48. The Labute approximate surface area is 131 Å². The Bertz CT molecular complexity index is 677. The van der Waals surface area contributed by atoms with E-state index in [1.807, 2.05) is 13.0 Å². The monoisotopic (exact) mass is 339 g/mol. The number of para-hydroxylation sites is 1. The van der Waals surface area contributed by atoms with Crippen molar-refractivity contribution in [2.24, 2.45) is 0 Å². The van der Waals surface area contributed by atoms with Crippen LogP contribution in [0, 0.1) is 10.1 Å². The van der Waals surface area contributed by atoms with Crippen LogP contribution in [0.2, 0.25) is 0 Å². The largest absolute Gasteiger partial charge is 0.492 e. The third kappa shape index (κ3) is 4.51. The number of benzene rings is 2. The first-order valence-electron chi connectivity index (χ1n) is 6.46. The third-order valence-electron chi connectivity index (χ3n) is 2.51. The standard InChI is InChI=1S/C14H14NO5PS/c1-2-22-21(18,19-13-6-4-3-5-7-13)20-14-10-8-12(9-11-14)15(16)17/h3-11H,2H2,1H3. The number of nitrogens with zero attached hydrogens (tertiary/aromatic N) is 1. The van der Waals surface area contributed by atoms with Gasteiger partial charge in [-0.05, 0) is 35.6 Å². The zero-order valence-electron chi connectivity index (χ0n) is 11.7. The van der Waals surface area contributed by atoms with E-state index in [4.69, 9.17) is 9.05 Å². The van der Waals surface area contributed by atoms with E-state index in [9.17, 15) is 14.7 Å². The molecule has 0 fully saturated rings. The van der Waals surface area contributed by atoms with E-state index < -0.39 is 11.7 Å². The van der Waals surface area contributed by atoms with Crippen molar-refractivity contribution in [3.8, 4) is 11.5 Å². The Morgan fingerprint density at radius 3 is 2.09 bits per heavy atom. The fourth-order valence-corrected chi connectivity index (χ4v) is 4.60. The zero-order chi connectivity index (χ0) is 16.0. The lowest BCUT2D eigenvalue weighted by molar-refractivity contribution is -0.384. The van der Waals surface area contributed by atoms with Gasteiger partial charge in [-0.2, -0.15) is 0 Å². The molecular weight excluding hydrogens is 325 g/mol. The molecule has 6 nitrogen and oxygen atoms in total. The number of non-ortho nitro benzene ring substituents is 1. The van der Waals surface area contributed by atoms with Gasteiger partial charge in [0.05, 0.1) is 4.92 Å². The minimum Gasteiger partial charge on any atom is -0.408 e. The van der Waals surface area contributed by atoms with Crippen molar-refractivity contribution in [2.75, 3.05) is 5.75 Å². The first-order chi connectivity index (χ1) is 10.5. The first kappa shape index (κ1) is 16.4. The van der Waals surface area contributed by atoms with Gasteiger partial charge in [-0.25, -0.2) is 4.57 Å². The molecule has 8 heteroatoms. The van der Waals surface area contributed by atoms with E-state index in [-0.39, 0.29) is 11.4 Å². The molecule has 0 aliphatic carbocycles. The number of rotatable bonds is 7. The first-order valence-corrected chi connectivity index (χ1v) is 9.59. The molecule has 2 rings (SSSR count). The van der Waals surface area contributed by atoms with Crippen LogP contribution in [0.4, 0.5) is 5.69 Å². The molecule has 0 heterocycles. The SMILES string of the molecule is CCSP(=O)(Oc1ccccc1)Oc1ccc([N+](=O)[O-])cc1. The number of nitro benzene ring substituents is 1. The van der Waals surface area contributed by atoms with Gasteiger partial charge < -0.3 is 9.05 Å². The summed E-state index contributed by atoms with van der Waals surface area (Å²) in [6.45, 7) is -1.62. The lowest BCUT2D eigenvalue weighted by Gasteiger charge is -2.18. The maximum Gasteiger partial charge on any atom is 0.492 e. The molecule has 0 aliphatic rings. The van der Waals surface area contributed by atoms with E-state index in [1.54, 1.807) is 24.3 Å². The highest BCUT2D eigenvalue weighted by molar-refractivity contribution is 8.55. The van der Waals surface area contributed by atoms with E-state index >= 15 is 0 Å². The average molecular weight is 339 g/mol. The number of nitro groups is 1. The maximum atomic E-state index is 12.8. The molecule has 0 bridgehead atoms. The molecule has 0 spiro atoms. The molecule has 2 aromatic rings. The quantitative estimate of drug-likeness (QED) is 0.405. The van der Waals surface area contributed by atoms with Gasteiger partial charge in [-0.3, -0.25) is 10.1 Å². The minimum absolute atomic E-state index is 0.0608. The molecule has 0 saturated heterocycles. The highest BCUT2D eigenvalue weighted by Crippen LogP contribution is 2.59. The molecule has 0 N–H and O–H groups in total. The fourth-order valence-electron chi connectivity index (χ4n) is 1.60. The molecular formula is C14H14NO5PS. The lowest BCUT2D eigenvalue weighted by atomic mass is 10.3. The summed E-state index contributed by atoms with van der Waals surface area (Å²) in [5.74, 6) is 1.23. The maximum absolute atomic E-state index is 12.8. The van der Waals surface area contributed by atoms with E-state index in [0.717, 1.165) is 11.4 Å². The third-order valence-corrected chi connectivity index (χ3v) is 6.13. The number of hydrogen-bond acceptors (Lipinski definition) is 6. The van der Waals surface area contributed by atoms with Crippen LogP contribution < -0.4 is 9.05 Å². The summed E-state index contributed by atoms with van der Waals surface area (Å²) in [7, 11) is 0. The van der Waals surface area contributed by atoms with Crippen molar-refractivity contribution in [2.45, 2.75) is 6.92 Å². The second-order valence-corrected chi connectivity index (χ2v) is 8.32. The van der Waals surface area contributed by atoms with E-state index in [2.05, 4.69) is 0 Å². The molecule has 2 aromatic carbocycles. The van der Waals surface area contributed by atoms with Gasteiger partial charge in [0.2, 0.25) is 0 Å². The summed E-state index contributed by atoms with van der Waals surface area (Å²) in [4.78, 5) is 10.1.